The molecular formula is C92H52B2ClF32I2N2Na. The summed E-state index contributed by atoms with van der Waals surface area (Å²) in [7, 11) is 0. The molecule has 0 N–H and O–H groups in total. The van der Waals surface area contributed by atoms with Crippen LogP contribution in [0.15, 0.2) is 176 Å². The van der Waals surface area contributed by atoms with Gasteiger partial charge in [-0.1, -0.05) is 187 Å². The van der Waals surface area contributed by atoms with E-state index < -0.39 is 287 Å². The number of aromatic nitrogens is 2. The van der Waals surface area contributed by atoms with Gasteiger partial charge in [-0.25, -0.2) is 150 Å². The molecule has 0 fully saturated rings. The van der Waals surface area contributed by atoms with Crippen LogP contribution in [0.4, 0.5) is 140 Å². The predicted octanol–water partition coefficient (Wildman–Crippen LogP) is 16.8. The Labute approximate surface area is 781 Å². The van der Waals surface area contributed by atoms with Gasteiger partial charge < -0.3 is 12.4 Å². The third kappa shape index (κ3) is 19.1. The van der Waals surface area contributed by atoms with E-state index >= 15 is 140 Å². The largest absolute Gasteiger partial charge is 1.00 e. The Hall–Kier alpha value is -11.5. The minimum Gasteiger partial charge on any atom is -1.00 e. The molecule has 2 aromatic heterocycles. The maximum absolute atomic E-state index is 16.1. The van der Waals surface area contributed by atoms with Crippen LogP contribution in [-0.4, -0.2) is 12.3 Å². The van der Waals surface area contributed by atoms with Crippen molar-refractivity contribution in [3.8, 4) is 0 Å². The summed E-state index contributed by atoms with van der Waals surface area (Å²) in [6, 6.07) is 29.1. The van der Waals surface area contributed by atoms with E-state index in [1.54, 1.807) is 0 Å². The zero-order valence-corrected chi connectivity index (χ0v) is 74.0. The van der Waals surface area contributed by atoms with E-state index in [1.807, 2.05) is 48.6 Å². The molecule has 12 aromatic rings. The molecule has 0 saturated carbocycles. The van der Waals surface area contributed by atoms with Crippen molar-refractivity contribution in [1.29, 1.82) is 0 Å². The first-order chi connectivity index (χ1) is 61.5. The van der Waals surface area contributed by atoms with Crippen molar-refractivity contribution in [3.05, 3.63) is 428 Å². The molecule has 0 aliphatic heterocycles. The van der Waals surface area contributed by atoms with E-state index in [9.17, 15) is 0 Å². The van der Waals surface area contributed by atoms with Gasteiger partial charge in [-0.05, 0) is 11.1 Å². The molecule has 40 heteroatoms. The van der Waals surface area contributed by atoms with Crippen LogP contribution in [0, 0.1) is 186 Å². The van der Waals surface area contributed by atoms with E-state index in [-0.39, 0.29) is 90.6 Å². The Kier molecular flexibility index (Phi) is 37.5. The SMILES string of the molecule is C=Cc1c(F)c(F)c([B-](c2c(F)c(F)c(C=C)c(F)c2F)(c2c(F)c(F)c(C=C)c(F)c2F)c2c(F)c(F)c(C=C)c(F)c2F)c(F)c1F.C=Cc1c(F)c(F)c([B-](c2c(F)c(F)c(C=C)c(F)c2F)(c2c(F)c(F)c(C=C)c(F)c2F)c2c(F)c(F)c(C=C)c(F)c2F)c(F)c1F.C=Cc1ccc(C[n+]2ccccc2)cc1.C=Cc1ccc(C[n+]2ccccc2)cc1.II.[Cl-].[Na+]. The van der Waals surface area contributed by atoms with Crippen molar-refractivity contribution in [1.82, 2.24) is 0 Å². The summed E-state index contributed by atoms with van der Waals surface area (Å²) in [5.41, 5.74) is -34.4. The molecule has 682 valence electrons. The number of halogens is 35. The average molecular weight is 2130 g/mol. The van der Waals surface area contributed by atoms with Crippen molar-refractivity contribution in [2.45, 2.75) is 13.1 Å². The summed E-state index contributed by atoms with van der Waals surface area (Å²) in [5.74, 6) is -95.0. The van der Waals surface area contributed by atoms with E-state index in [0.717, 1.165) is 24.2 Å². The molecule has 0 unspecified atom stereocenters. The molecule has 0 spiro atoms. The molecule has 2 nitrogen and oxygen atoms in total. The third-order valence-corrected chi connectivity index (χ3v) is 20.5. The summed E-state index contributed by atoms with van der Waals surface area (Å²) in [4.78, 5) is 0. The first-order valence-electron chi connectivity index (χ1n) is 36.2. The van der Waals surface area contributed by atoms with E-state index in [2.05, 4.69) is 185 Å². The van der Waals surface area contributed by atoms with Crippen LogP contribution in [0.1, 0.15) is 66.8 Å². The van der Waals surface area contributed by atoms with Crippen LogP contribution < -0.4 is 94.8 Å². The Morgan fingerprint density at radius 2 is 0.318 bits per heavy atom. The van der Waals surface area contributed by atoms with Crippen molar-refractivity contribution in [2.75, 3.05) is 0 Å². The monoisotopic (exact) mass is 2130 g/mol. The van der Waals surface area contributed by atoms with Crippen molar-refractivity contribution in [3.63, 3.8) is 0 Å². The molecule has 2 heterocycles. The Morgan fingerprint density at radius 1 is 0.197 bits per heavy atom. The fourth-order valence-electron chi connectivity index (χ4n) is 14.6. The van der Waals surface area contributed by atoms with E-state index in [1.165, 1.54) is 11.1 Å². The molecule has 0 aliphatic carbocycles. The van der Waals surface area contributed by atoms with Gasteiger partial charge in [-0.15, -0.1) is 43.7 Å². The second-order valence-electron chi connectivity index (χ2n) is 27.0. The molecule has 0 amide bonds. The summed E-state index contributed by atoms with van der Waals surface area (Å²) in [5, 5.41) is 0. The molecule has 0 radical (unpaired) electrons. The van der Waals surface area contributed by atoms with Crippen LogP contribution in [0.3, 0.4) is 0 Å². The quantitative estimate of drug-likeness (QED) is 0.0210. The van der Waals surface area contributed by atoms with Crippen LogP contribution in [0.2, 0.25) is 0 Å². The van der Waals surface area contributed by atoms with Crippen molar-refractivity contribution >= 4 is 154 Å². The van der Waals surface area contributed by atoms with Crippen molar-refractivity contribution < 1.29 is 192 Å². The zero-order chi connectivity index (χ0) is 97.4. The first-order valence-corrected chi connectivity index (χ1v) is 42.4. The Balaban J connectivity index is 0.000000300. The van der Waals surface area contributed by atoms with Gasteiger partial charge in [0, 0.05) is 72.6 Å². The van der Waals surface area contributed by atoms with Crippen LogP contribution in [0.5, 0.6) is 0 Å². The summed E-state index contributed by atoms with van der Waals surface area (Å²) in [6.45, 7) is 31.9. The standard InChI is InChI=1S/2C32H12BF16.2C14H14N.ClH.I2.Na/c2*1-5-9-17(34)25(42)13(26(43)18(9)35)33(14-27(44)19(36)10(6-2)20(37)28(14)45,15-29(46)21(38)11(7-3)22(39)30(15)47)16-31(48)23(40)12(8-4)24(41)32(16)49;2*1-2-13-6-8-14(9-7-13)12-15-10-4-3-5-11-15;;1-2;/h2*5-8H,1-4H2;2*2-11H,1,12H2;1H;;/q2*-1;2*+1;;;+1/p-1. The number of hydrogen-bond donors (Lipinski definition) is 0. The third-order valence-electron chi connectivity index (χ3n) is 20.5. The fourth-order valence-corrected chi connectivity index (χ4v) is 14.6. The molecule has 12 rings (SSSR count). The molecule has 10 aromatic carbocycles. The normalized spacial score (nSPS) is 10.9. The molecule has 132 heavy (non-hydrogen) atoms. The van der Waals surface area contributed by atoms with Crippen LogP contribution in [0.25, 0.3) is 60.8 Å². The zero-order valence-electron chi connectivity index (χ0n) is 66.9. The van der Waals surface area contributed by atoms with Gasteiger partial charge in [0.25, 0.3) is 0 Å². The van der Waals surface area contributed by atoms with Crippen molar-refractivity contribution in [2.24, 2.45) is 0 Å². The van der Waals surface area contributed by atoms with Gasteiger partial charge in [-0.2, -0.15) is 0 Å². The Morgan fingerprint density at radius 3 is 0.424 bits per heavy atom. The smallest absolute Gasteiger partial charge is 1.00 e. The van der Waals surface area contributed by atoms with Gasteiger partial charge in [0.1, 0.15) is 105 Å². The number of benzene rings is 10. The fraction of sp³-hybridized carbons (Fsp3) is 0.0217. The predicted molar refractivity (Wildman–Crippen MR) is 452 cm³/mol. The summed E-state index contributed by atoms with van der Waals surface area (Å²) in [6.07, 6.45) is -1.25. The number of hydrogen-bond acceptors (Lipinski definition) is 0. The maximum atomic E-state index is 16.1. The summed E-state index contributed by atoms with van der Waals surface area (Å²) < 4.78 is 507. The molecule has 0 aliphatic rings. The molecule has 0 atom stereocenters. The van der Waals surface area contributed by atoms with Gasteiger partial charge in [0.15, 0.2) is 131 Å². The first kappa shape index (κ1) is 109. The summed E-state index contributed by atoms with van der Waals surface area (Å²) >= 11 is 4.24. The topological polar surface area (TPSA) is 7.76 Å². The van der Waals surface area contributed by atoms with Gasteiger partial charge in [0.2, 0.25) is 0 Å². The molecular weight excluding hydrogens is 2070 g/mol. The second kappa shape index (κ2) is 45.3. The minimum atomic E-state index is -6.71. The van der Waals surface area contributed by atoms with E-state index in [0.29, 0.717) is 0 Å². The molecule has 0 saturated heterocycles. The van der Waals surface area contributed by atoms with E-state index in [4.69, 9.17) is 0 Å². The Bertz CT molecular complexity index is 5400. The van der Waals surface area contributed by atoms with Crippen LogP contribution >= 0.6 is 37.2 Å². The van der Waals surface area contributed by atoms with Gasteiger partial charge in [-0.3, -0.25) is 0 Å². The number of pyridine rings is 2. The number of nitrogens with zero attached hydrogens (tertiary/aromatic N) is 2. The average Bonchev–Trinajstić information content (AvgIpc) is 0.682. The van der Waals surface area contributed by atoms with Gasteiger partial charge >= 0.3 is 29.6 Å². The van der Waals surface area contributed by atoms with Crippen LogP contribution in [-0.2, 0) is 13.1 Å². The minimum absolute atomic E-state index is 0. The molecule has 0 bridgehead atoms. The second-order valence-corrected chi connectivity index (χ2v) is 27.0. The maximum Gasteiger partial charge on any atom is 1.00 e. The van der Waals surface area contributed by atoms with Gasteiger partial charge in [0.05, 0.1) is 44.5 Å². The number of rotatable bonds is 22.